The summed E-state index contributed by atoms with van der Waals surface area (Å²) >= 11 is 0. The van der Waals surface area contributed by atoms with Crippen molar-refractivity contribution >= 4 is 16.8 Å². The second kappa shape index (κ2) is 6.57. The van der Waals surface area contributed by atoms with E-state index in [4.69, 9.17) is 9.15 Å². The van der Waals surface area contributed by atoms with Crippen LogP contribution in [0.2, 0.25) is 0 Å². The third-order valence-corrected chi connectivity index (χ3v) is 4.63. The highest BCUT2D eigenvalue weighted by Crippen LogP contribution is 2.27. The van der Waals surface area contributed by atoms with Crippen molar-refractivity contribution in [2.24, 2.45) is 0 Å². The first-order valence-corrected chi connectivity index (χ1v) is 8.84. The molecule has 0 saturated carbocycles. The number of morpholine rings is 1. The third kappa shape index (κ3) is 2.99. The van der Waals surface area contributed by atoms with Crippen molar-refractivity contribution in [1.82, 2.24) is 20.1 Å². The fourth-order valence-corrected chi connectivity index (χ4v) is 3.18. The van der Waals surface area contributed by atoms with Crippen LogP contribution in [0.15, 0.2) is 28.7 Å². The molecule has 1 atom stereocenters. The standard InChI is InChI=1S/C19H22N4O3/c1-11(2)17-21-22-18(26-17)16-10-25-7-6-23(16)19(24)15-9-13-5-4-12(3)8-14(13)20-15/h4-5,8-9,11,16,20H,6-7,10H2,1-3H3/t16-/m1/s1. The molecule has 1 saturated heterocycles. The van der Waals surface area contributed by atoms with Crippen LogP contribution in [0.3, 0.4) is 0 Å². The van der Waals surface area contributed by atoms with Crippen LogP contribution in [0.5, 0.6) is 0 Å². The molecule has 3 heterocycles. The van der Waals surface area contributed by atoms with Crippen molar-refractivity contribution in [3.63, 3.8) is 0 Å². The Kier molecular flexibility index (Phi) is 4.24. The second-order valence-electron chi connectivity index (χ2n) is 7.00. The van der Waals surface area contributed by atoms with E-state index in [1.807, 2.05) is 45.0 Å². The molecule has 3 aromatic rings. The summed E-state index contributed by atoms with van der Waals surface area (Å²) in [5.74, 6) is 1.05. The molecule has 4 rings (SSSR count). The molecule has 1 amide bonds. The Morgan fingerprint density at radius 3 is 2.92 bits per heavy atom. The predicted octanol–water partition coefficient (Wildman–Crippen LogP) is 3.20. The smallest absolute Gasteiger partial charge is 0.271 e. The van der Waals surface area contributed by atoms with E-state index >= 15 is 0 Å². The average molecular weight is 354 g/mol. The molecule has 1 aromatic carbocycles. The molecule has 2 aromatic heterocycles. The lowest BCUT2D eigenvalue weighted by Gasteiger charge is -2.33. The van der Waals surface area contributed by atoms with Gasteiger partial charge in [0.1, 0.15) is 11.7 Å². The minimum absolute atomic E-state index is 0.0866. The molecule has 1 aliphatic heterocycles. The molecule has 0 bridgehead atoms. The largest absolute Gasteiger partial charge is 0.423 e. The summed E-state index contributed by atoms with van der Waals surface area (Å²) in [5.41, 5.74) is 2.66. The number of nitrogens with one attached hydrogen (secondary N) is 1. The number of carbonyl (C=O) groups is 1. The lowest BCUT2D eigenvalue weighted by atomic mass is 10.2. The van der Waals surface area contributed by atoms with Gasteiger partial charge in [-0.2, -0.15) is 0 Å². The monoisotopic (exact) mass is 354 g/mol. The number of carbonyl (C=O) groups excluding carboxylic acids is 1. The summed E-state index contributed by atoms with van der Waals surface area (Å²) in [6.45, 7) is 7.34. The van der Waals surface area contributed by atoms with E-state index in [9.17, 15) is 4.79 Å². The maximum absolute atomic E-state index is 13.1. The van der Waals surface area contributed by atoms with Crippen molar-refractivity contribution in [1.29, 1.82) is 0 Å². The quantitative estimate of drug-likeness (QED) is 0.781. The Bertz CT molecular complexity index is 943. The maximum Gasteiger partial charge on any atom is 0.271 e. The van der Waals surface area contributed by atoms with Crippen molar-refractivity contribution in [2.75, 3.05) is 19.8 Å². The number of amides is 1. The normalized spacial score (nSPS) is 18.0. The predicted molar refractivity (Wildman–Crippen MR) is 96.0 cm³/mol. The van der Waals surface area contributed by atoms with Crippen LogP contribution < -0.4 is 0 Å². The molecule has 0 unspecified atom stereocenters. The SMILES string of the molecule is Cc1ccc2cc(C(=O)N3CCOC[C@@H]3c3nnc(C(C)C)o3)[nH]c2c1. The number of hydrogen-bond acceptors (Lipinski definition) is 5. The van der Waals surface area contributed by atoms with E-state index in [-0.39, 0.29) is 17.9 Å². The Hall–Kier alpha value is -2.67. The fraction of sp³-hybridized carbons (Fsp3) is 0.421. The van der Waals surface area contributed by atoms with Crippen LogP contribution in [0, 0.1) is 6.92 Å². The van der Waals surface area contributed by atoms with Gasteiger partial charge in [-0.05, 0) is 24.6 Å². The van der Waals surface area contributed by atoms with Crippen LogP contribution in [0.4, 0.5) is 0 Å². The first kappa shape index (κ1) is 16.8. The van der Waals surface area contributed by atoms with E-state index in [0.717, 1.165) is 16.5 Å². The molecule has 7 heteroatoms. The summed E-state index contributed by atoms with van der Waals surface area (Å²) < 4.78 is 11.3. The zero-order valence-electron chi connectivity index (χ0n) is 15.2. The van der Waals surface area contributed by atoms with Gasteiger partial charge in [0.15, 0.2) is 0 Å². The van der Waals surface area contributed by atoms with Crippen LogP contribution in [-0.2, 0) is 4.74 Å². The molecular weight excluding hydrogens is 332 g/mol. The first-order valence-electron chi connectivity index (χ1n) is 8.84. The van der Waals surface area contributed by atoms with Crippen LogP contribution in [-0.4, -0.2) is 45.7 Å². The van der Waals surface area contributed by atoms with Crippen molar-refractivity contribution in [2.45, 2.75) is 32.7 Å². The molecule has 26 heavy (non-hydrogen) atoms. The van der Waals surface area contributed by atoms with Crippen molar-refractivity contribution < 1.29 is 13.9 Å². The lowest BCUT2D eigenvalue weighted by Crippen LogP contribution is -2.43. The maximum atomic E-state index is 13.1. The van der Waals surface area contributed by atoms with Gasteiger partial charge in [-0.3, -0.25) is 4.79 Å². The van der Waals surface area contributed by atoms with E-state index in [1.165, 1.54) is 0 Å². The number of benzene rings is 1. The van der Waals surface area contributed by atoms with E-state index in [2.05, 4.69) is 15.2 Å². The topological polar surface area (TPSA) is 84.2 Å². The zero-order valence-corrected chi connectivity index (χ0v) is 15.2. The summed E-state index contributed by atoms with van der Waals surface area (Å²) in [7, 11) is 0. The molecular formula is C19H22N4O3. The van der Waals surface area contributed by atoms with Gasteiger partial charge in [-0.25, -0.2) is 0 Å². The summed E-state index contributed by atoms with van der Waals surface area (Å²) in [6, 6.07) is 7.60. The van der Waals surface area contributed by atoms with Gasteiger partial charge in [0, 0.05) is 23.4 Å². The van der Waals surface area contributed by atoms with E-state index in [0.29, 0.717) is 37.2 Å². The number of hydrogen-bond donors (Lipinski definition) is 1. The molecule has 0 spiro atoms. The van der Waals surface area contributed by atoms with Crippen molar-refractivity contribution in [3.8, 4) is 0 Å². The van der Waals surface area contributed by atoms with Gasteiger partial charge in [0.25, 0.3) is 5.91 Å². The molecule has 1 N–H and O–H groups in total. The van der Waals surface area contributed by atoms with Crippen LogP contribution in [0.25, 0.3) is 10.9 Å². The third-order valence-electron chi connectivity index (χ3n) is 4.63. The molecule has 1 aliphatic rings. The molecule has 1 fully saturated rings. The molecule has 0 radical (unpaired) electrons. The minimum atomic E-state index is -0.371. The lowest BCUT2D eigenvalue weighted by molar-refractivity contribution is -0.0110. The summed E-state index contributed by atoms with van der Waals surface area (Å²) in [6.07, 6.45) is 0. The van der Waals surface area contributed by atoms with E-state index in [1.54, 1.807) is 4.90 Å². The van der Waals surface area contributed by atoms with Gasteiger partial charge in [0.05, 0.1) is 13.2 Å². The number of H-pyrrole nitrogens is 1. The number of aromatic amines is 1. The highest BCUT2D eigenvalue weighted by Gasteiger charge is 2.34. The van der Waals surface area contributed by atoms with Gasteiger partial charge >= 0.3 is 0 Å². The summed E-state index contributed by atoms with van der Waals surface area (Å²) in [4.78, 5) is 18.1. The van der Waals surface area contributed by atoms with Crippen LogP contribution in [0.1, 0.15) is 53.6 Å². The molecule has 136 valence electrons. The number of ether oxygens (including phenoxy) is 1. The first-order chi connectivity index (χ1) is 12.5. The highest BCUT2D eigenvalue weighted by atomic mass is 16.5. The number of aromatic nitrogens is 3. The number of aryl methyl sites for hydroxylation is 1. The van der Waals surface area contributed by atoms with Gasteiger partial charge in [-0.1, -0.05) is 26.0 Å². The fourth-order valence-electron chi connectivity index (χ4n) is 3.18. The second-order valence-corrected chi connectivity index (χ2v) is 7.00. The molecule has 0 aliphatic carbocycles. The zero-order chi connectivity index (χ0) is 18.3. The Morgan fingerprint density at radius 1 is 1.31 bits per heavy atom. The molecule has 7 nitrogen and oxygen atoms in total. The Morgan fingerprint density at radius 2 is 2.15 bits per heavy atom. The van der Waals surface area contributed by atoms with Crippen LogP contribution >= 0.6 is 0 Å². The van der Waals surface area contributed by atoms with Gasteiger partial charge in [-0.15, -0.1) is 10.2 Å². The minimum Gasteiger partial charge on any atom is -0.423 e. The number of fused-ring (bicyclic) bond motifs is 1. The Labute approximate surface area is 151 Å². The van der Waals surface area contributed by atoms with E-state index < -0.39 is 0 Å². The number of nitrogens with zero attached hydrogens (tertiary/aromatic N) is 3. The highest BCUT2D eigenvalue weighted by molar-refractivity contribution is 5.98. The van der Waals surface area contributed by atoms with Gasteiger partial charge in [0.2, 0.25) is 11.8 Å². The van der Waals surface area contributed by atoms with Crippen molar-refractivity contribution in [3.05, 3.63) is 47.3 Å². The number of rotatable bonds is 3. The summed E-state index contributed by atoms with van der Waals surface area (Å²) in [5, 5.41) is 9.24. The Balaban J connectivity index is 1.64. The van der Waals surface area contributed by atoms with Gasteiger partial charge < -0.3 is 19.0 Å². The average Bonchev–Trinajstić information content (AvgIpc) is 3.28.